The van der Waals surface area contributed by atoms with Gasteiger partial charge in [-0.3, -0.25) is 4.79 Å². The van der Waals surface area contributed by atoms with Crippen molar-refractivity contribution in [2.75, 3.05) is 0 Å². The van der Waals surface area contributed by atoms with E-state index < -0.39 is 0 Å². The molecule has 1 aromatic rings. The van der Waals surface area contributed by atoms with E-state index in [9.17, 15) is 9.18 Å². The number of nitrogens with one attached hydrogen (secondary N) is 1. The zero-order valence-corrected chi connectivity index (χ0v) is 11.3. The number of carbonyl (C=O) groups excluding carboxylic acids is 1. The Morgan fingerprint density at radius 2 is 2.05 bits per heavy atom. The van der Waals surface area contributed by atoms with E-state index in [0.29, 0.717) is 12.0 Å². The van der Waals surface area contributed by atoms with Gasteiger partial charge in [0, 0.05) is 17.5 Å². The third kappa shape index (κ3) is 3.53. The molecule has 0 aromatic heterocycles. The Hall–Kier alpha value is -1.42. The molecule has 0 heterocycles. The summed E-state index contributed by atoms with van der Waals surface area (Å²) < 4.78 is 13.6. The first kappa shape index (κ1) is 14.0. The van der Waals surface area contributed by atoms with Gasteiger partial charge in [0.05, 0.1) is 6.04 Å². The van der Waals surface area contributed by atoms with Gasteiger partial charge in [0.2, 0.25) is 5.91 Å². The summed E-state index contributed by atoms with van der Waals surface area (Å²) in [5, 5.41) is 2.83. The smallest absolute Gasteiger partial charge is 0.222 e. The number of benzene rings is 1. The summed E-state index contributed by atoms with van der Waals surface area (Å²) in [6, 6.07) is 6.16. The van der Waals surface area contributed by atoms with Gasteiger partial charge in [-0.1, -0.05) is 31.0 Å². The molecular weight excluding hydrogens is 243 g/mol. The lowest BCUT2D eigenvalue weighted by Gasteiger charge is -2.24. The highest BCUT2D eigenvalue weighted by Gasteiger charge is 2.32. The van der Waals surface area contributed by atoms with Crippen molar-refractivity contribution >= 4 is 5.91 Å². The fraction of sp³-hybridized carbons (Fsp3) is 0.533. The molecule has 0 bridgehead atoms. The Morgan fingerprint density at radius 1 is 1.42 bits per heavy atom. The van der Waals surface area contributed by atoms with Crippen LogP contribution in [0.4, 0.5) is 4.39 Å². The minimum atomic E-state index is -0.362. The van der Waals surface area contributed by atoms with Crippen molar-refractivity contribution in [3.8, 4) is 0 Å². The molecule has 1 atom stereocenters. The van der Waals surface area contributed by atoms with Crippen LogP contribution in [0.3, 0.4) is 0 Å². The fourth-order valence-electron chi connectivity index (χ4n) is 2.77. The maximum absolute atomic E-state index is 13.6. The second-order valence-corrected chi connectivity index (χ2v) is 5.56. The second-order valence-electron chi connectivity index (χ2n) is 5.56. The number of rotatable bonds is 4. The summed E-state index contributed by atoms with van der Waals surface area (Å²) in [5.41, 5.74) is 6.32. The second kappa shape index (κ2) is 5.70. The molecular formula is C15H21FN2O. The van der Waals surface area contributed by atoms with Crippen LogP contribution >= 0.6 is 0 Å². The largest absolute Gasteiger partial charge is 0.349 e. The van der Waals surface area contributed by atoms with Crippen LogP contribution in [0.2, 0.25) is 0 Å². The van der Waals surface area contributed by atoms with Gasteiger partial charge >= 0.3 is 0 Å². The molecule has 0 saturated heterocycles. The molecule has 3 N–H and O–H groups in total. The summed E-state index contributed by atoms with van der Waals surface area (Å²) in [6.07, 6.45) is 4.30. The Bertz CT molecular complexity index is 455. The van der Waals surface area contributed by atoms with Crippen molar-refractivity contribution < 1.29 is 9.18 Å². The minimum absolute atomic E-state index is 0.0971. The normalized spacial score (nSPS) is 19.1. The Balaban J connectivity index is 1.94. The molecule has 0 radical (unpaired) electrons. The van der Waals surface area contributed by atoms with Gasteiger partial charge in [0.25, 0.3) is 0 Å². The molecule has 1 unspecified atom stereocenters. The predicted molar refractivity (Wildman–Crippen MR) is 73.0 cm³/mol. The molecule has 1 fully saturated rings. The number of carbonyl (C=O) groups is 1. The Morgan fingerprint density at radius 3 is 2.68 bits per heavy atom. The summed E-state index contributed by atoms with van der Waals surface area (Å²) in [7, 11) is 0. The maximum atomic E-state index is 13.6. The van der Waals surface area contributed by atoms with E-state index in [1.807, 2.05) is 0 Å². The average molecular weight is 264 g/mol. The molecule has 1 aliphatic rings. The van der Waals surface area contributed by atoms with Crippen LogP contribution in [0.25, 0.3) is 0 Å². The van der Waals surface area contributed by atoms with E-state index in [-0.39, 0.29) is 23.3 Å². The zero-order chi connectivity index (χ0) is 13.9. The van der Waals surface area contributed by atoms with Gasteiger partial charge in [-0.2, -0.15) is 0 Å². The van der Waals surface area contributed by atoms with Crippen molar-refractivity contribution in [3.63, 3.8) is 0 Å². The summed E-state index contributed by atoms with van der Waals surface area (Å²) in [6.45, 7) is 1.79. The molecule has 0 aliphatic heterocycles. The minimum Gasteiger partial charge on any atom is -0.349 e. The SMILES string of the molecule is CC(NC(=O)CC1(N)CCCC1)c1ccccc1F. The first-order valence-electron chi connectivity index (χ1n) is 6.83. The van der Waals surface area contributed by atoms with Gasteiger partial charge in [-0.05, 0) is 25.8 Å². The van der Waals surface area contributed by atoms with Crippen LogP contribution in [0.5, 0.6) is 0 Å². The van der Waals surface area contributed by atoms with Crippen molar-refractivity contribution in [3.05, 3.63) is 35.6 Å². The monoisotopic (exact) mass is 264 g/mol. The van der Waals surface area contributed by atoms with Gasteiger partial charge in [0.1, 0.15) is 5.82 Å². The first-order valence-corrected chi connectivity index (χ1v) is 6.83. The highest BCUT2D eigenvalue weighted by molar-refractivity contribution is 5.77. The molecule has 1 aromatic carbocycles. The van der Waals surface area contributed by atoms with Crippen LogP contribution in [-0.2, 0) is 4.79 Å². The van der Waals surface area contributed by atoms with Crippen molar-refractivity contribution in [2.24, 2.45) is 5.73 Å². The highest BCUT2D eigenvalue weighted by atomic mass is 19.1. The zero-order valence-electron chi connectivity index (χ0n) is 11.3. The summed E-state index contributed by atoms with van der Waals surface area (Å²) >= 11 is 0. The van der Waals surface area contributed by atoms with Crippen molar-refractivity contribution in [1.29, 1.82) is 0 Å². The number of nitrogens with two attached hydrogens (primary N) is 1. The molecule has 1 aliphatic carbocycles. The summed E-state index contributed by atoms with van der Waals surface area (Å²) in [5.74, 6) is -0.390. The third-order valence-electron chi connectivity index (χ3n) is 3.86. The first-order chi connectivity index (χ1) is 9.00. The van der Waals surface area contributed by atoms with Crippen LogP contribution < -0.4 is 11.1 Å². The van der Waals surface area contributed by atoms with E-state index in [1.165, 1.54) is 6.07 Å². The predicted octanol–water partition coefficient (Wildman–Crippen LogP) is 2.66. The van der Waals surface area contributed by atoms with Crippen molar-refractivity contribution in [1.82, 2.24) is 5.32 Å². The van der Waals surface area contributed by atoms with E-state index in [1.54, 1.807) is 25.1 Å². The lowest BCUT2D eigenvalue weighted by molar-refractivity contribution is -0.122. The summed E-state index contributed by atoms with van der Waals surface area (Å²) in [4.78, 5) is 12.0. The van der Waals surface area contributed by atoms with Gasteiger partial charge in [-0.15, -0.1) is 0 Å². The molecule has 1 saturated carbocycles. The average Bonchev–Trinajstić information content (AvgIpc) is 2.75. The Labute approximate surface area is 113 Å². The molecule has 2 rings (SSSR count). The molecule has 4 heteroatoms. The molecule has 1 amide bonds. The maximum Gasteiger partial charge on any atom is 0.222 e. The fourth-order valence-corrected chi connectivity index (χ4v) is 2.77. The van der Waals surface area contributed by atoms with E-state index in [4.69, 9.17) is 5.73 Å². The topological polar surface area (TPSA) is 55.1 Å². The van der Waals surface area contributed by atoms with Gasteiger partial charge in [0.15, 0.2) is 0 Å². The van der Waals surface area contributed by atoms with Crippen LogP contribution in [-0.4, -0.2) is 11.4 Å². The number of hydrogen-bond donors (Lipinski definition) is 2. The lowest BCUT2D eigenvalue weighted by atomic mass is 9.94. The van der Waals surface area contributed by atoms with Gasteiger partial charge in [-0.25, -0.2) is 4.39 Å². The van der Waals surface area contributed by atoms with E-state index in [2.05, 4.69) is 5.32 Å². The van der Waals surface area contributed by atoms with E-state index in [0.717, 1.165) is 25.7 Å². The Kier molecular flexibility index (Phi) is 4.20. The quantitative estimate of drug-likeness (QED) is 0.878. The van der Waals surface area contributed by atoms with E-state index >= 15 is 0 Å². The van der Waals surface area contributed by atoms with Gasteiger partial charge < -0.3 is 11.1 Å². The number of hydrogen-bond acceptors (Lipinski definition) is 2. The van der Waals surface area contributed by atoms with Crippen molar-refractivity contribution in [2.45, 2.75) is 50.6 Å². The molecule has 19 heavy (non-hydrogen) atoms. The molecule has 104 valence electrons. The highest BCUT2D eigenvalue weighted by Crippen LogP contribution is 2.30. The third-order valence-corrected chi connectivity index (χ3v) is 3.86. The standard InChI is InChI=1S/C15H21FN2O/c1-11(12-6-2-3-7-13(12)16)18-14(19)10-15(17)8-4-5-9-15/h2-3,6-7,11H,4-5,8-10,17H2,1H3,(H,18,19). The molecule has 3 nitrogen and oxygen atoms in total. The van der Waals surface area contributed by atoms with Crippen LogP contribution in [0.1, 0.15) is 50.6 Å². The lowest BCUT2D eigenvalue weighted by Crippen LogP contribution is -2.42. The van der Waals surface area contributed by atoms with Crippen LogP contribution in [0, 0.1) is 5.82 Å². The number of amides is 1. The van der Waals surface area contributed by atoms with Crippen LogP contribution in [0.15, 0.2) is 24.3 Å². The molecule has 0 spiro atoms. The number of halogens is 1.